The Labute approximate surface area is 296 Å². The number of fused-ring (bicyclic) bond motifs is 11. The van der Waals surface area contributed by atoms with Crippen molar-refractivity contribution in [1.82, 2.24) is 9.97 Å². The Hall–Kier alpha value is -6.03. The van der Waals surface area contributed by atoms with E-state index < -0.39 is 5.41 Å². The zero-order valence-corrected chi connectivity index (χ0v) is 27.9. The average molecular weight is 655 g/mol. The molecule has 2 aliphatic rings. The lowest BCUT2D eigenvalue weighted by atomic mass is 9.63. The van der Waals surface area contributed by atoms with Gasteiger partial charge in [-0.15, -0.1) is 0 Å². The van der Waals surface area contributed by atoms with Gasteiger partial charge in [-0.05, 0) is 68.8 Å². The van der Waals surface area contributed by atoms with Gasteiger partial charge in [-0.25, -0.2) is 9.97 Å². The summed E-state index contributed by atoms with van der Waals surface area (Å²) in [5.74, 6) is 0.715. The molecule has 0 atom stereocenters. The van der Waals surface area contributed by atoms with Gasteiger partial charge in [-0.2, -0.15) is 0 Å². The first kappa shape index (κ1) is 28.9. The average Bonchev–Trinajstić information content (AvgIpc) is 3.30. The van der Waals surface area contributed by atoms with E-state index >= 15 is 0 Å². The summed E-state index contributed by atoms with van der Waals surface area (Å²) in [7, 11) is 0. The molecule has 0 amide bonds. The molecule has 0 saturated carbocycles. The molecule has 0 radical (unpaired) electrons. The van der Waals surface area contributed by atoms with Gasteiger partial charge in [0.05, 0.1) is 16.8 Å². The van der Waals surface area contributed by atoms with Crippen LogP contribution in [0.4, 0.5) is 0 Å². The summed E-state index contributed by atoms with van der Waals surface area (Å²) in [5, 5.41) is 0. The Morgan fingerprint density at radius 3 is 1.46 bits per heavy atom. The number of hydrogen-bond donors (Lipinski definition) is 0. The molecule has 1 spiro atoms. The minimum Gasteiger partial charge on any atom is -0.228 e. The van der Waals surface area contributed by atoms with Crippen molar-refractivity contribution in [1.29, 1.82) is 0 Å². The largest absolute Gasteiger partial charge is 0.228 e. The van der Waals surface area contributed by atoms with Gasteiger partial charge < -0.3 is 0 Å². The second-order valence-corrected chi connectivity index (χ2v) is 14.0. The summed E-state index contributed by atoms with van der Waals surface area (Å²) in [5.41, 5.74) is 14.5. The van der Waals surface area contributed by atoms with E-state index in [0.717, 1.165) is 28.1 Å². The second kappa shape index (κ2) is 11.5. The second-order valence-electron chi connectivity index (χ2n) is 12.9. The van der Waals surface area contributed by atoms with Crippen molar-refractivity contribution >= 4 is 11.8 Å². The van der Waals surface area contributed by atoms with E-state index in [4.69, 9.17) is 9.97 Å². The highest BCUT2D eigenvalue weighted by Gasteiger charge is 2.48. The molecule has 8 aromatic rings. The van der Waals surface area contributed by atoms with E-state index in [1.165, 1.54) is 54.3 Å². The molecule has 0 unspecified atom stereocenters. The van der Waals surface area contributed by atoms with Crippen molar-refractivity contribution in [3.05, 3.63) is 204 Å². The van der Waals surface area contributed by atoms with Crippen LogP contribution in [0.3, 0.4) is 0 Å². The molecule has 1 aliphatic heterocycles. The molecule has 50 heavy (non-hydrogen) atoms. The minimum atomic E-state index is -0.572. The van der Waals surface area contributed by atoms with Crippen molar-refractivity contribution in [3.63, 3.8) is 0 Å². The smallest absolute Gasteiger partial charge is 0.160 e. The van der Waals surface area contributed by atoms with Gasteiger partial charge >= 0.3 is 0 Å². The van der Waals surface area contributed by atoms with Crippen LogP contribution in [0, 0.1) is 0 Å². The summed E-state index contributed by atoms with van der Waals surface area (Å²) >= 11 is 1.87. The molecule has 3 heteroatoms. The van der Waals surface area contributed by atoms with Crippen LogP contribution < -0.4 is 0 Å². The Balaban J connectivity index is 1.33. The van der Waals surface area contributed by atoms with Crippen LogP contribution in [-0.4, -0.2) is 9.97 Å². The molecule has 1 aromatic heterocycles. The van der Waals surface area contributed by atoms with Gasteiger partial charge in [0.1, 0.15) is 0 Å². The molecule has 2 heterocycles. The Morgan fingerprint density at radius 1 is 0.340 bits per heavy atom. The molecule has 1 aliphatic carbocycles. The van der Waals surface area contributed by atoms with E-state index in [1.54, 1.807) is 0 Å². The summed E-state index contributed by atoms with van der Waals surface area (Å²) in [6.45, 7) is 0. The molecule has 0 bridgehead atoms. The van der Waals surface area contributed by atoms with Gasteiger partial charge in [0.15, 0.2) is 5.82 Å². The summed E-state index contributed by atoms with van der Waals surface area (Å²) in [4.78, 5) is 12.9. The molecular weight excluding hydrogens is 625 g/mol. The summed E-state index contributed by atoms with van der Waals surface area (Å²) in [6.07, 6.45) is 0. The molecule has 10 rings (SSSR count). The first-order valence-electron chi connectivity index (χ1n) is 17.0. The normalized spacial score (nSPS) is 13.3. The predicted molar refractivity (Wildman–Crippen MR) is 205 cm³/mol. The summed E-state index contributed by atoms with van der Waals surface area (Å²) in [6, 6.07) is 65.8. The van der Waals surface area contributed by atoms with E-state index in [9.17, 15) is 0 Å². The highest BCUT2D eigenvalue weighted by Crippen LogP contribution is 2.61. The van der Waals surface area contributed by atoms with E-state index in [2.05, 4.69) is 158 Å². The Kier molecular flexibility index (Phi) is 6.68. The van der Waals surface area contributed by atoms with Gasteiger partial charge in [0, 0.05) is 26.5 Å². The number of rotatable bonds is 3. The number of nitrogens with zero attached hydrogens (tertiary/aromatic N) is 2. The third kappa shape index (κ3) is 4.37. The topological polar surface area (TPSA) is 25.8 Å². The highest BCUT2D eigenvalue weighted by molar-refractivity contribution is 7.99. The first-order valence-corrected chi connectivity index (χ1v) is 17.8. The zero-order valence-electron chi connectivity index (χ0n) is 27.1. The van der Waals surface area contributed by atoms with Crippen molar-refractivity contribution in [2.75, 3.05) is 0 Å². The fourth-order valence-corrected chi connectivity index (χ4v) is 9.23. The monoisotopic (exact) mass is 654 g/mol. The number of hydrogen-bond acceptors (Lipinski definition) is 3. The van der Waals surface area contributed by atoms with Gasteiger partial charge in [-0.3, -0.25) is 0 Å². The molecule has 2 nitrogen and oxygen atoms in total. The fourth-order valence-electron chi connectivity index (χ4n) is 8.03. The Bertz CT molecular complexity index is 2470. The quantitative estimate of drug-likeness (QED) is 0.190. The summed E-state index contributed by atoms with van der Waals surface area (Å²) < 4.78 is 0. The lowest BCUT2D eigenvalue weighted by Gasteiger charge is -2.42. The van der Waals surface area contributed by atoms with E-state index in [0.29, 0.717) is 5.82 Å². The molecule has 0 saturated heterocycles. The Morgan fingerprint density at radius 2 is 0.820 bits per heavy atom. The van der Waals surface area contributed by atoms with E-state index in [1.807, 2.05) is 36.0 Å². The maximum Gasteiger partial charge on any atom is 0.160 e. The van der Waals surface area contributed by atoms with Gasteiger partial charge in [0.25, 0.3) is 0 Å². The van der Waals surface area contributed by atoms with Crippen LogP contribution in [-0.2, 0) is 5.41 Å². The van der Waals surface area contributed by atoms with Crippen molar-refractivity contribution in [2.24, 2.45) is 0 Å². The minimum absolute atomic E-state index is 0.572. The molecular formula is C47H30N2S. The van der Waals surface area contributed by atoms with Crippen LogP contribution in [0.1, 0.15) is 22.3 Å². The number of aromatic nitrogens is 2. The molecule has 0 fully saturated rings. The molecule has 7 aromatic carbocycles. The fraction of sp³-hybridized carbons (Fsp3) is 0.0213. The van der Waals surface area contributed by atoms with Crippen LogP contribution in [0.5, 0.6) is 0 Å². The maximum absolute atomic E-state index is 5.27. The molecule has 0 N–H and O–H groups in total. The SMILES string of the molecule is c1ccc(-c2cc(-c3ccc4c(c3)C3(c5ccccc5Sc5ccccc53)c3ccccc3-c3ccccc3-4)nc(-c3ccccc3)n2)cc1. The lowest BCUT2D eigenvalue weighted by molar-refractivity contribution is 0.708. The van der Waals surface area contributed by atoms with Crippen LogP contribution in [0.15, 0.2) is 192 Å². The lowest BCUT2D eigenvalue weighted by Crippen LogP contribution is -2.34. The predicted octanol–water partition coefficient (Wildman–Crippen LogP) is 12.0. The highest BCUT2D eigenvalue weighted by atomic mass is 32.2. The van der Waals surface area contributed by atoms with Crippen molar-refractivity contribution in [3.8, 4) is 56.2 Å². The third-order valence-corrected chi connectivity index (χ3v) is 11.3. The third-order valence-electron chi connectivity index (χ3n) is 10.2. The van der Waals surface area contributed by atoms with E-state index in [-0.39, 0.29) is 0 Å². The standard InChI is InChI=1S/C47H30N2S/c1-3-15-31(16-4-1)42-30-43(49-46(48-42)32-17-5-2-6-18-32)33-27-28-37-35-20-8-7-19-34(35)36-21-9-10-22-38(36)47(41(37)29-33)39-23-11-13-25-44(39)50-45-26-14-12-24-40(45)47/h1-30H. The molecule has 234 valence electrons. The van der Waals surface area contributed by atoms with Crippen LogP contribution in [0.2, 0.25) is 0 Å². The van der Waals surface area contributed by atoms with Crippen molar-refractivity contribution in [2.45, 2.75) is 15.2 Å². The zero-order chi connectivity index (χ0) is 33.1. The maximum atomic E-state index is 5.27. The van der Waals surface area contributed by atoms with Crippen molar-refractivity contribution < 1.29 is 0 Å². The van der Waals surface area contributed by atoms with Gasteiger partial charge in [0.2, 0.25) is 0 Å². The van der Waals surface area contributed by atoms with Crippen LogP contribution in [0.25, 0.3) is 56.2 Å². The number of benzene rings is 7. The van der Waals surface area contributed by atoms with Crippen LogP contribution >= 0.6 is 11.8 Å². The van der Waals surface area contributed by atoms with Gasteiger partial charge in [-0.1, -0.05) is 169 Å². The first-order chi connectivity index (χ1) is 24.8.